The van der Waals surface area contributed by atoms with Crippen LogP contribution in [0, 0.1) is 0 Å². The summed E-state index contributed by atoms with van der Waals surface area (Å²) in [6.45, 7) is 5.20. The molecule has 2 heterocycles. The minimum Gasteiger partial charge on any atom is -0.486 e. The summed E-state index contributed by atoms with van der Waals surface area (Å²) in [6, 6.07) is 6.46. The van der Waals surface area contributed by atoms with E-state index in [9.17, 15) is 0 Å². The lowest BCUT2D eigenvalue weighted by atomic mass is 9.95. The molecule has 0 saturated carbocycles. The highest BCUT2D eigenvalue weighted by molar-refractivity contribution is 5.45. The van der Waals surface area contributed by atoms with Gasteiger partial charge in [0, 0.05) is 6.61 Å². The van der Waals surface area contributed by atoms with Crippen LogP contribution in [-0.4, -0.2) is 32.5 Å². The summed E-state index contributed by atoms with van der Waals surface area (Å²) in [5.74, 6) is 1.70. The number of hydrogen-bond donors (Lipinski definition) is 1. The second kappa shape index (κ2) is 6.46. The van der Waals surface area contributed by atoms with E-state index in [1.165, 1.54) is 18.4 Å². The lowest BCUT2D eigenvalue weighted by molar-refractivity contribution is -0.00794. The first kappa shape index (κ1) is 13.7. The fraction of sp³-hybridized carbons (Fsp3) is 0.625. The number of rotatable bonds is 4. The zero-order valence-corrected chi connectivity index (χ0v) is 12.1. The maximum atomic E-state index is 5.96. The molecule has 1 saturated heterocycles. The molecular formula is C16H23NO3. The van der Waals surface area contributed by atoms with Gasteiger partial charge in [-0.15, -0.1) is 0 Å². The van der Waals surface area contributed by atoms with E-state index < -0.39 is 0 Å². The number of likely N-dealkylation sites (N-methyl/N-ethyl adjacent to an activating group) is 1. The molecule has 1 N–H and O–H groups in total. The third kappa shape index (κ3) is 2.91. The molecule has 2 atom stereocenters. The standard InChI is InChI=1S/C16H23NO3/c1-2-17-16(14-5-3-4-8-18-14)12-6-7-13-15(11-12)20-10-9-19-13/h6-7,11,14,16-17H,2-5,8-10H2,1H3. The van der Waals surface area contributed by atoms with E-state index in [-0.39, 0.29) is 12.1 Å². The van der Waals surface area contributed by atoms with Crippen molar-refractivity contribution in [2.75, 3.05) is 26.4 Å². The monoisotopic (exact) mass is 277 g/mol. The Hall–Kier alpha value is -1.26. The fourth-order valence-corrected chi connectivity index (χ4v) is 2.97. The number of hydrogen-bond acceptors (Lipinski definition) is 4. The predicted molar refractivity (Wildman–Crippen MR) is 77.4 cm³/mol. The Labute approximate surface area is 120 Å². The summed E-state index contributed by atoms with van der Waals surface area (Å²) < 4.78 is 17.2. The molecule has 20 heavy (non-hydrogen) atoms. The Morgan fingerprint density at radius 3 is 2.75 bits per heavy atom. The van der Waals surface area contributed by atoms with Crippen LogP contribution in [0.1, 0.15) is 37.8 Å². The molecule has 0 spiro atoms. The van der Waals surface area contributed by atoms with E-state index in [2.05, 4.69) is 24.4 Å². The molecule has 1 aromatic carbocycles. The summed E-state index contributed by atoms with van der Waals surface area (Å²) >= 11 is 0. The van der Waals surface area contributed by atoms with Gasteiger partial charge in [0.1, 0.15) is 13.2 Å². The van der Waals surface area contributed by atoms with Crippen LogP contribution in [0.25, 0.3) is 0 Å². The Balaban J connectivity index is 1.82. The highest BCUT2D eigenvalue weighted by Gasteiger charge is 2.26. The first-order chi connectivity index (χ1) is 9.88. The predicted octanol–water partition coefficient (Wildman–Crippen LogP) is 2.68. The zero-order chi connectivity index (χ0) is 13.8. The molecule has 3 rings (SSSR count). The van der Waals surface area contributed by atoms with Crippen molar-refractivity contribution in [1.82, 2.24) is 5.32 Å². The molecule has 0 aliphatic carbocycles. The third-order valence-electron chi connectivity index (χ3n) is 3.94. The Bertz CT molecular complexity index is 443. The van der Waals surface area contributed by atoms with Crippen molar-refractivity contribution in [2.45, 2.75) is 38.3 Å². The van der Waals surface area contributed by atoms with Crippen LogP contribution in [0.4, 0.5) is 0 Å². The van der Waals surface area contributed by atoms with Crippen LogP contribution in [-0.2, 0) is 4.74 Å². The van der Waals surface area contributed by atoms with Crippen LogP contribution >= 0.6 is 0 Å². The van der Waals surface area contributed by atoms with Gasteiger partial charge in [-0.3, -0.25) is 0 Å². The smallest absolute Gasteiger partial charge is 0.161 e. The highest BCUT2D eigenvalue weighted by Crippen LogP contribution is 2.35. The van der Waals surface area contributed by atoms with Crippen LogP contribution in [0.5, 0.6) is 11.5 Å². The van der Waals surface area contributed by atoms with Crippen LogP contribution in [0.15, 0.2) is 18.2 Å². The van der Waals surface area contributed by atoms with Gasteiger partial charge in [0.05, 0.1) is 12.1 Å². The average molecular weight is 277 g/mol. The lowest BCUT2D eigenvalue weighted by Crippen LogP contribution is -2.36. The first-order valence-corrected chi connectivity index (χ1v) is 7.63. The Kier molecular flexibility index (Phi) is 4.43. The largest absolute Gasteiger partial charge is 0.486 e. The number of ether oxygens (including phenoxy) is 3. The van der Waals surface area contributed by atoms with E-state index in [1.807, 2.05) is 6.07 Å². The maximum absolute atomic E-state index is 5.96. The molecule has 0 radical (unpaired) electrons. The molecule has 4 nitrogen and oxygen atoms in total. The van der Waals surface area contributed by atoms with Gasteiger partial charge in [-0.2, -0.15) is 0 Å². The summed E-state index contributed by atoms with van der Waals surface area (Å²) in [6.07, 6.45) is 3.80. The Morgan fingerprint density at radius 1 is 1.15 bits per heavy atom. The summed E-state index contributed by atoms with van der Waals surface area (Å²) in [4.78, 5) is 0. The van der Waals surface area contributed by atoms with Crippen molar-refractivity contribution in [2.24, 2.45) is 0 Å². The normalized spacial score (nSPS) is 23.4. The molecule has 0 aromatic heterocycles. The lowest BCUT2D eigenvalue weighted by Gasteiger charge is -2.32. The van der Waals surface area contributed by atoms with Crippen LogP contribution in [0.2, 0.25) is 0 Å². The minimum atomic E-state index is 0.233. The summed E-state index contributed by atoms with van der Waals surface area (Å²) in [5, 5.41) is 3.55. The van der Waals surface area contributed by atoms with Gasteiger partial charge in [-0.05, 0) is 43.5 Å². The van der Waals surface area contributed by atoms with Gasteiger partial charge < -0.3 is 19.5 Å². The van der Waals surface area contributed by atoms with Crippen molar-refractivity contribution in [3.05, 3.63) is 23.8 Å². The topological polar surface area (TPSA) is 39.7 Å². The quantitative estimate of drug-likeness (QED) is 0.918. The van der Waals surface area contributed by atoms with E-state index in [1.54, 1.807) is 0 Å². The molecule has 2 aliphatic rings. The second-order valence-electron chi connectivity index (χ2n) is 5.34. The van der Waals surface area contributed by atoms with Crippen LogP contribution in [0.3, 0.4) is 0 Å². The Morgan fingerprint density at radius 2 is 2.00 bits per heavy atom. The van der Waals surface area contributed by atoms with Crippen molar-refractivity contribution in [1.29, 1.82) is 0 Å². The molecule has 4 heteroatoms. The molecule has 1 aromatic rings. The van der Waals surface area contributed by atoms with E-state index in [4.69, 9.17) is 14.2 Å². The van der Waals surface area contributed by atoms with Gasteiger partial charge in [0.15, 0.2) is 11.5 Å². The fourth-order valence-electron chi connectivity index (χ4n) is 2.97. The number of benzene rings is 1. The van der Waals surface area contributed by atoms with Crippen molar-refractivity contribution in [3.8, 4) is 11.5 Å². The van der Waals surface area contributed by atoms with Gasteiger partial charge in [-0.25, -0.2) is 0 Å². The van der Waals surface area contributed by atoms with Crippen LogP contribution < -0.4 is 14.8 Å². The molecule has 0 bridgehead atoms. The SMILES string of the molecule is CCNC(c1ccc2c(c1)OCCO2)C1CCCCO1. The molecule has 2 aliphatic heterocycles. The number of fused-ring (bicyclic) bond motifs is 1. The summed E-state index contributed by atoms with van der Waals surface area (Å²) in [5.41, 5.74) is 1.23. The highest BCUT2D eigenvalue weighted by atomic mass is 16.6. The van der Waals surface area contributed by atoms with Crippen molar-refractivity contribution >= 4 is 0 Å². The molecule has 1 fully saturated rings. The average Bonchev–Trinajstić information content (AvgIpc) is 2.53. The third-order valence-corrected chi connectivity index (χ3v) is 3.94. The second-order valence-corrected chi connectivity index (χ2v) is 5.34. The van der Waals surface area contributed by atoms with E-state index in [0.717, 1.165) is 31.1 Å². The molecule has 0 amide bonds. The maximum Gasteiger partial charge on any atom is 0.161 e. The van der Waals surface area contributed by atoms with Crippen molar-refractivity contribution < 1.29 is 14.2 Å². The van der Waals surface area contributed by atoms with E-state index in [0.29, 0.717) is 13.2 Å². The molecule has 110 valence electrons. The molecular weight excluding hydrogens is 254 g/mol. The van der Waals surface area contributed by atoms with Gasteiger partial charge in [0.2, 0.25) is 0 Å². The van der Waals surface area contributed by atoms with Gasteiger partial charge in [-0.1, -0.05) is 13.0 Å². The zero-order valence-electron chi connectivity index (χ0n) is 12.1. The number of nitrogens with one attached hydrogen (secondary N) is 1. The van der Waals surface area contributed by atoms with Gasteiger partial charge in [0.25, 0.3) is 0 Å². The van der Waals surface area contributed by atoms with Gasteiger partial charge >= 0.3 is 0 Å². The first-order valence-electron chi connectivity index (χ1n) is 7.63. The molecule has 2 unspecified atom stereocenters. The summed E-state index contributed by atoms with van der Waals surface area (Å²) in [7, 11) is 0. The van der Waals surface area contributed by atoms with Crippen molar-refractivity contribution in [3.63, 3.8) is 0 Å². The van der Waals surface area contributed by atoms with E-state index >= 15 is 0 Å². The minimum absolute atomic E-state index is 0.233.